The van der Waals surface area contributed by atoms with Gasteiger partial charge >= 0.3 is 5.97 Å². The second-order valence-corrected chi connectivity index (χ2v) is 6.47. The van der Waals surface area contributed by atoms with Gasteiger partial charge in [0.25, 0.3) is 5.91 Å². The number of carbonyl (C=O) groups is 2. The van der Waals surface area contributed by atoms with E-state index in [1.807, 2.05) is 62.4 Å². The molecule has 1 saturated heterocycles. The van der Waals surface area contributed by atoms with Gasteiger partial charge < -0.3 is 10.0 Å². The smallest absolute Gasteiger partial charge is 0.308 e. The van der Waals surface area contributed by atoms with E-state index in [1.54, 1.807) is 4.90 Å². The molecule has 1 heterocycles. The summed E-state index contributed by atoms with van der Waals surface area (Å²) in [5.74, 6) is -1.68. The molecule has 1 amide bonds. The van der Waals surface area contributed by atoms with Gasteiger partial charge in [-0.1, -0.05) is 36.4 Å². The Hall–Kier alpha value is -2.62. The Morgan fingerprint density at radius 3 is 2.33 bits per heavy atom. The average Bonchev–Trinajstić information content (AvgIpc) is 3.03. The summed E-state index contributed by atoms with van der Waals surface area (Å²) < 4.78 is 0. The van der Waals surface area contributed by atoms with E-state index in [9.17, 15) is 14.7 Å². The molecule has 2 aromatic rings. The van der Waals surface area contributed by atoms with Crippen molar-refractivity contribution in [1.82, 2.24) is 4.90 Å². The minimum atomic E-state index is -0.848. The molecule has 4 heteroatoms. The summed E-state index contributed by atoms with van der Waals surface area (Å²) in [6.45, 7) is 4.67. The number of carboxylic acids is 1. The standard InChI is InChI=1S/C20H21NO3/c1-13-8-9-16(10-14(13)2)19(22)21-11-17(18(12-21)20(23)24)15-6-4-3-5-7-15/h3-10,17-18H,11-12H2,1-2H3,(H,23,24)/t17-,18-/m0/s1. The van der Waals surface area contributed by atoms with E-state index in [0.29, 0.717) is 12.1 Å². The lowest BCUT2D eigenvalue weighted by Gasteiger charge is -2.17. The van der Waals surface area contributed by atoms with Gasteiger partial charge in [-0.2, -0.15) is 0 Å². The van der Waals surface area contributed by atoms with E-state index < -0.39 is 11.9 Å². The summed E-state index contributed by atoms with van der Waals surface area (Å²) in [4.78, 5) is 26.1. The first-order valence-electron chi connectivity index (χ1n) is 8.11. The van der Waals surface area contributed by atoms with Gasteiger partial charge in [-0.15, -0.1) is 0 Å². The van der Waals surface area contributed by atoms with Crippen LogP contribution in [0.3, 0.4) is 0 Å². The third-order valence-electron chi connectivity index (χ3n) is 4.91. The molecular formula is C20H21NO3. The maximum atomic E-state index is 12.8. The number of aryl methyl sites for hydroxylation is 2. The van der Waals surface area contributed by atoms with Crippen LogP contribution in [0.2, 0.25) is 0 Å². The molecule has 2 aromatic carbocycles. The predicted molar refractivity (Wildman–Crippen MR) is 92.1 cm³/mol. The number of aliphatic carboxylic acids is 1. The Morgan fingerprint density at radius 2 is 1.71 bits per heavy atom. The van der Waals surface area contributed by atoms with Gasteiger partial charge in [0.15, 0.2) is 0 Å². The molecular weight excluding hydrogens is 302 g/mol. The van der Waals surface area contributed by atoms with E-state index >= 15 is 0 Å². The van der Waals surface area contributed by atoms with Crippen molar-refractivity contribution in [2.24, 2.45) is 5.92 Å². The summed E-state index contributed by atoms with van der Waals surface area (Å²) in [6, 6.07) is 15.2. The van der Waals surface area contributed by atoms with Crippen molar-refractivity contribution in [2.75, 3.05) is 13.1 Å². The Kier molecular flexibility index (Phi) is 4.38. The molecule has 124 valence electrons. The van der Waals surface area contributed by atoms with Gasteiger partial charge in [-0.3, -0.25) is 9.59 Å². The Morgan fingerprint density at radius 1 is 1.00 bits per heavy atom. The van der Waals surface area contributed by atoms with Crippen molar-refractivity contribution < 1.29 is 14.7 Å². The lowest BCUT2D eigenvalue weighted by atomic mass is 9.89. The van der Waals surface area contributed by atoms with E-state index in [4.69, 9.17) is 0 Å². The van der Waals surface area contributed by atoms with Gasteiger partial charge in [0, 0.05) is 24.6 Å². The van der Waals surface area contributed by atoms with Crippen molar-refractivity contribution in [2.45, 2.75) is 19.8 Å². The Bertz CT molecular complexity index is 770. The molecule has 2 atom stereocenters. The largest absolute Gasteiger partial charge is 0.481 e. The molecule has 0 aliphatic carbocycles. The van der Waals surface area contributed by atoms with Gasteiger partial charge in [0.05, 0.1) is 5.92 Å². The second kappa shape index (κ2) is 6.48. The quantitative estimate of drug-likeness (QED) is 0.943. The van der Waals surface area contributed by atoms with Crippen molar-refractivity contribution in [3.8, 4) is 0 Å². The third-order valence-corrected chi connectivity index (χ3v) is 4.91. The third kappa shape index (κ3) is 3.04. The summed E-state index contributed by atoms with van der Waals surface area (Å²) in [5, 5.41) is 9.56. The number of nitrogens with zero attached hydrogens (tertiary/aromatic N) is 1. The number of carbonyl (C=O) groups excluding carboxylic acids is 1. The molecule has 1 aliphatic heterocycles. The zero-order valence-electron chi connectivity index (χ0n) is 13.9. The van der Waals surface area contributed by atoms with Crippen LogP contribution < -0.4 is 0 Å². The van der Waals surface area contributed by atoms with Crippen LogP contribution in [0, 0.1) is 19.8 Å². The van der Waals surface area contributed by atoms with E-state index in [1.165, 1.54) is 0 Å². The summed E-state index contributed by atoms with van der Waals surface area (Å²) in [7, 11) is 0. The minimum absolute atomic E-state index is 0.0946. The van der Waals surface area contributed by atoms with Crippen molar-refractivity contribution >= 4 is 11.9 Å². The number of rotatable bonds is 3. The molecule has 1 N–H and O–H groups in total. The maximum Gasteiger partial charge on any atom is 0.308 e. The maximum absolute atomic E-state index is 12.8. The van der Waals surface area contributed by atoms with Crippen LogP contribution >= 0.6 is 0 Å². The topological polar surface area (TPSA) is 57.6 Å². The number of benzene rings is 2. The molecule has 0 radical (unpaired) electrons. The van der Waals surface area contributed by atoms with E-state index in [-0.39, 0.29) is 18.4 Å². The number of hydrogen-bond acceptors (Lipinski definition) is 2. The van der Waals surface area contributed by atoms with Crippen molar-refractivity contribution in [1.29, 1.82) is 0 Å². The van der Waals surface area contributed by atoms with Gasteiger partial charge in [0.1, 0.15) is 0 Å². The molecule has 4 nitrogen and oxygen atoms in total. The normalized spacial score (nSPS) is 20.2. The SMILES string of the molecule is Cc1ccc(C(=O)N2C[C@H](C(=O)O)[C@H](c3ccccc3)C2)cc1C. The lowest BCUT2D eigenvalue weighted by molar-refractivity contribution is -0.141. The predicted octanol–water partition coefficient (Wildman–Crippen LogP) is 3.24. The lowest BCUT2D eigenvalue weighted by Crippen LogP contribution is -2.30. The molecule has 3 rings (SSSR count). The fourth-order valence-corrected chi connectivity index (χ4v) is 3.31. The van der Waals surface area contributed by atoms with Gasteiger partial charge in [0.2, 0.25) is 0 Å². The van der Waals surface area contributed by atoms with E-state index in [0.717, 1.165) is 16.7 Å². The zero-order valence-corrected chi connectivity index (χ0v) is 13.9. The molecule has 1 aliphatic rings. The summed E-state index contributed by atoms with van der Waals surface area (Å²) in [6.07, 6.45) is 0. The van der Waals surface area contributed by atoms with Crippen molar-refractivity contribution in [3.05, 3.63) is 70.8 Å². The van der Waals surface area contributed by atoms with Crippen molar-refractivity contribution in [3.63, 3.8) is 0 Å². The van der Waals surface area contributed by atoms with Crippen LogP contribution in [-0.2, 0) is 4.79 Å². The number of likely N-dealkylation sites (tertiary alicyclic amines) is 1. The molecule has 1 fully saturated rings. The molecule has 0 unspecified atom stereocenters. The monoisotopic (exact) mass is 323 g/mol. The number of amides is 1. The summed E-state index contributed by atoms with van der Waals surface area (Å²) >= 11 is 0. The number of carboxylic acid groups (broad SMARTS) is 1. The molecule has 0 aromatic heterocycles. The van der Waals surface area contributed by atoms with E-state index in [2.05, 4.69) is 0 Å². The van der Waals surface area contributed by atoms with Crippen LogP contribution in [0.5, 0.6) is 0 Å². The van der Waals surface area contributed by atoms with Crippen LogP contribution in [0.4, 0.5) is 0 Å². The van der Waals surface area contributed by atoms with Crippen LogP contribution in [0.1, 0.15) is 33.0 Å². The number of hydrogen-bond donors (Lipinski definition) is 1. The minimum Gasteiger partial charge on any atom is -0.481 e. The zero-order chi connectivity index (χ0) is 17.3. The molecule has 0 saturated carbocycles. The fraction of sp³-hybridized carbons (Fsp3) is 0.300. The average molecular weight is 323 g/mol. The highest BCUT2D eigenvalue weighted by Gasteiger charge is 2.40. The van der Waals surface area contributed by atoms with Crippen LogP contribution in [0.25, 0.3) is 0 Å². The molecule has 24 heavy (non-hydrogen) atoms. The van der Waals surface area contributed by atoms with Gasteiger partial charge in [-0.25, -0.2) is 0 Å². The van der Waals surface area contributed by atoms with Crippen LogP contribution in [-0.4, -0.2) is 35.0 Å². The highest BCUT2D eigenvalue weighted by molar-refractivity contribution is 5.95. The fourth-order valence-electron chi connectivity index (χ4n) is 3.31. The second-order valence-electron chi connectivity index (χ2n) is 6.47. The Balaban J connectivity index is 1.86. The van der Waals surface area contributed by atoms with Crippen LogP contribution in [0.15, 0.2) is 48.5 Å². The first-order chi connectivity index (χ1) is 11.5. The first-order valence-corrected chi connectivity index (χ1v) is 8.11. The van der Waals surface area contributed by atoms with Gasteiger partial charge in [-0.05, 0) is 42.7 Å². The first kappa shape index (κ1) is 16.2. The Labute approximate surface area is 141 Å². The summed E-state index contributed by atoms with van der Waals surface area (Å²) in [5.41, 5.74) is 3.80. The molecule has 0 spiro atoms. The highest BCUT2D eigenvalue weighted by Crippen LogP contribution is 2.33. The highest BCUT2D eigenvalue weighted by atomic mass is 16.4. The molecule has 0 bridgehead atoms.